The normalized spacial score (nSPS) is 13.9. The summed E-state index contributed by atoms with van der Waals surface area (Å²) in [6.07, 6.45) is 3.60. The van der Waals surface area contributed by atoms with Gasteiger partial charge in [0, 0.05) is 17.4 Å². The average Bonchev–Trinajstić information content (AvgIpc) is 3.43. The molecule has 7 heteroatoms. The molecule has 5 nitrogen and oxygen atoms in total. The Kier molecular flexibility index (Phi) is 4.24. The van der Waals surface area contributed by atoms with Crippen molar-refractivity contribution in [2.24, 2.45) is 0 Å². The number of hydrogen-bond acceptors (Lipinski definition) is 5. The molecule has 28 heavy (non-hydrogen) atoms. The number of oxazole rings is 1. The quantitative estimate of drug-likeness (QED) is 0.359. The summed E-state index contributed by atoms with van der Waals surface area (Å²) in [5, 5.41) is 1.36. The third-order valence-corrected chi connectivity index (χ3v) is 5.67. The van der Waals surface area contributed by atoms with E-state index in [9.17, 15) is 9.18 Å². The Morgan fingerprint density at radius 3 is 2.68 bits per heavy atom. The van der Waals surface area contributed by atoms with Crippen molar-refractivity contribution in [3.8, 4) is 11.5 Å². The minimum absolute atomic E-state index is 0.0164. The molecule has 0 aliphatic heterocycles. The fourth-order valence-electron chi connectivity index (χ4n) is 3.12. The van der Waals surface area contributed by atoms with Crippen LogP contribution in [0.4, 0.5) is 4.39 Å². The predicted octanol–water partition coefficient (Wildman–Crippen LogP) is 4.82. The van der Waals surface area contributed by atoms with Gasteiger partial charge in [0.25, 0.3) is 5.56 Å². The minimum atomic E-state index is -0.300. The summed E-state index contributed by atoms with van der Waals surface area (Å²) < 4.78 is 20.4. The number of hydrogen-bond donors (Lipinski definition) is 0. The number of rotatable bonds is 5. The van der Waals surface area contributed by atoms with E-state index < -0.39 is 0 Å². The Morgan fingerprint density at radius 2 is 1.89 bits per heavy atom. The van der Waals surface area contributed by atoms with Gasteiger partial charge in [0.2, 0.25) is 5.89 Å². The highest BCUT2D eigenvalue weighted by Gasteiger charge is 2.28. The molecule has 1 aliphatic carbocycles. The summed E-state index contributed by atoms with van der Waals surface area (Å²) in [5.74, 6) is 0.676. The summed E-state index contributed by atoms with van der Waals surface area (Å²) in [6.45, 7) is 0. The maximum atomic E-state index is 13.1. The van der Waals surface area contributed by atoms with Crippen molar-refractivity contribution in [1.29, 1.82) is 0 Å². The Balaban J connectivity index is 1.43. The SMILES string of the molecule is O=c1c2ccccc2nc(SCc2coc(-c3ccc(F)cc3)n2)n1C1CC1. The second-order valence-electron chi connectivity index (χ2n) is 6.76. The van der Waals surface area contributed by atoms with Crippen molar-refractivity contribution >= 4 is 22.7 Å². The standard InChI is InChI=1S/C21H16FN3O2S/c22-14-7-5-13(6-8-14)19-23-15(11-27-19)12-28-21-24-18-4-2-1-3-17(18)20(26)25(21)16-9-10-16/h1-8,11,16H,9-10,12H2. The second kappa shape index (κ2) is 6.91. The molecule has 0 saturated heterocycles. The second-order valence-corrected chi connectivity index (χ2v) is 7.70. The van der Waals surface area contributed by atoms with Gasteiger partial charge in [-0.15, -0.1) is 0 Å². The highest BCUT2D eigenvalue weighted by atomic mass is 32.2. The van der Waals surface area contributed by atoms with Gasteiger partial charge in [-0.05, 0) is 49.2 Å². The number of aromatic nitrogens is 3. The van der Waals surface area contributed by atoms with Crippen molar-refractivity contribution in [2.45, 2.75) is 29.8 Å². The zero-order chi connectivity index (χ0) is 19.1. The molecule has 2 aromatic heterocycles. The third kappa shape index (κ3) is 3.22. The minimum Gasteiger partial charge on any atom is -0.444 e. The number of benzene rings is 2. The van der Waals surface area contributed by atoms with E-state index in [1.807, 2.05) is 28.8 Å². The van der Waals surface area contributed by atoms with Crippen molar-refractivity contribution < 1.29 is 8.81 Å². The van der Waals surface area contributed by atoms with Gasteiger partial charge in [-0.25, -0.2) is 14.4 Å². The maximum absolute atomic E-state index is 13.1. The van der Waals surface area contributed by atoms with Crippen molar-refractivity contribution in [2.75, 3.05) is 0 Å². The first-order valence-electron chi connectivity index (χ1n) is 9.03. The molecule has 0 radical (unpaired) electrons. The monoisotopic (exact) mass is 393 g/mol. The van der Waals surface area contributed by atoms with E-state index in [4.69, 9.17) is 9.40 Å². The van der Waals surface area contributed by atoms with Crippen molar-refractivity contribution in [1.82, 2.24) is 14.5 Å². The first kappa shape index (κ1) is 17.2. The molecular weight excluding hydrogens is 377 g/mol. The first-order chi connectivity index (χ1) is 13.7. The Labute approximate surface area is 164 Å². The molecule has 140 valence electrons. The first-order valence-corrected chi connectivity index (χ1v) is 10.0. The van der Waals surface area contributed by atoms with Crippen LogP contribution in [0.25, 0.3) is 22.4 Å². The van der Waals surface area contributed by atoms with Crippen LogP contribution in [0.5, 0.6) is 0 Å². The van der Waals surface area contributed by atoms with Gasteiger partial charge in [0.15, 0.2) is 5.16 Å². The lowest BCUT2D eigenvalue weighted by atomic mass is 10.2. The van der Waals surface area contributed by atoms with Crippen molar-refractivity contribution in [3.63, 3.8) is 0 Å². The molecule has 1 saturated carbocycles. The molecule has 0 N–H and O–H groups in total. The van der Waals surface area contributed by atoms with Crippen LogP contribution in [0.2, 0.25) is 0 Å². The molecular formula is C21H16FN3O2S. The van der Waals surface area contributed by atoms with E-state index in [1.165, 1.54) is 23.9 Å². The van der Waals surface area contributed by atoms with Gasteiger partial charge in [0.1, 0.15) is 12.1 Å². The molecule has 1 aliphatic rings. The lowest BCUT2D eigenvalue weighted by molar-refractivity contribution is 0.572. The van der Waals surface area contributed by atoms with Gasteiger partial charge in [-0.1, -0.05) is 23.9 Å². The van der Waals surface area contributed by atoms with E-state index in [1.54, 1.807) is 18.4 Å². The summed E-state index contributed by atoms with van der Waals surface area (Å²) >= 11 is 1.48. The number of nitrogens with zero attached hydrogens (tertiary/aromatic N) is 3. The maximum Gasteiger partial charge on any atom is 0.262 e. The van der Waals surface area contributed by atoms with E-state index in [2.05, 4.69) is 4.98 Å². The van der Waals surface area contributed by atoms with Crippen LogP contribution in [-0.4, -0.2) is 14.5 Å². The smallest absolute Gasteiger partial charge is 0.262 e. The fraction of sp³-hybridized carbons (Fsp3) is 0.190. The summed E-state index contributed by atoms with van der Waals surface area (Å²) in [6, 6.07) is 13.7. The molecule has 0 unspecified atom stereocenters. The van der Waals surface area contributed by atoms with Gasteiger partial charge >= 0.3 is 0 Å². The van der Waals surface area contributed by atoms with Gasteiger partial charge < -0.3 is 4.42 Å². The van der Waals surface area contributed by atoms with Crippen LogP contribution >= 0.6 is 11.8 Å². The van der Waals surface area contributed by atoms with Gasteiger partial charge in [0.05, 0.1) is 16.6 Å². The van der Waals surface area contributed by atoms with Crippen LogP contribution in [0, 0.1) is 5.82 Å². The van der Waals surface area contributed by atoms with E-state index >= 15 is 0 Å². The zero-order valence-electron chi connectivity index (χ0n) is 14.8. The third-order valence-electron chi connectivity index (χ3n) is 4.68. The van der Waals surface area contributed by atoms with Crippen LogP contribution in [-0.2, 0) is 5.75 Å². The fourth-order valence-corrected chi connectivity index (χ4v) is 4.06. The van der Waals surface area contributed by atoms with Crippen LogP contribution in [0.1, 0.15) is 24.6 Å². The molecule has 0 bridgehead atoms. The van der Waals surface area contributed by atoms with E-state index in [0.29, 0.717) is 27.7 Å². The molecule has 4 aromatic rings. The van der Waals surface area contributed by atoms with Crippen LogP contribution in [0.15, 0.2) is 69.2 Å². The topological polar surface area (TPSA) is 60.9 Å². The molecule has 2 aromatic carbocycles. The molecule has 0 spiro atoms. The lowest BCUT2D eigenvalue weighted by Crippen LogP contribution is -2.22. The number of thioether (sulfide) groups is 1. The Morgan fingerprint density at radius 1 is 1.11 bits per heavy atom. The Hall–Kier alpha value is -2.93. The largest absolute Gasteiger partial charge is 0.444 e. The number of para-hydroxylation sites is 1. The molecule has 0 atom stereocenters. The van der Waals surface area contributed by atoms with E-state index in [0.717, 1.165) is 24.1 Å². The Bertz CT molecular complexity index is 1210. The zero-order valence-corrected chi connectivity index (χ0v) is 15.7. The molecule has 2 heterocycles. The van der Waals surface area contributed by atoms with Crippen molar-refractivity contribution in [3.05, 3.63) is 76.7 Å². The van der Waals surface area contributed by atoms with Crippen LogP contribution < -0.4 is 5.56 Å². The number of halogens is 1. The van der Waals surface area contributed by atoms with Gasteiger partial charge in [-0.2, -0.15) is 0 Å². The summed E-state index contributed by atoms with van der Waals surface area (Å²) in [7, 11) is 0. The van der Waals surface area contributed by atoms with E-state index in [-0.39, 0.29) is 17.4 Å². The lowest BCUT2D eigenvalue weighted by Gasteiger charge is -2.11. The van der Waals surface area contributed by atoms with Gasteiger partial charge in [-0.3, -0.25) is 9.36 Å². The molecule has 5 rings (SSSR count). The number of fused-ring (bicyclic) bond motifs is 1. The van der Waals surface area contributed by atoms with Crippen LogP contribution in [0.3, 0.4) is 0 Å². The molecule has 1 fully saturated rings. The molecule has 0 amide bonds. The summed E-state index contributed by atoms with van der Waals surface area (Å²) in [4.78, 5) is 22.1. The summed E-state index contributed by atoms with van der Waals surface area (Å²) in [5.41, 5.74) is 2.19. The average molecular weight is 393 g/mol. The highest BCUT2D eigenvalue weighted by Crippen LogP contribution is 2.37. The highest BCUT2D eigenvalue weighted by molar-refractivity contribution is 7.98. The predicted molar refractivity (Wildman–Crippen MR) is 106 cm³/mol.